The molecule has 12 heteroatoms. The molecule has 0 saturated carbocycles. The summed E-state index contributed by atoms with van der Waals surface area (Å²) < 4.78 is 41.0. The number of hydrogen-bond acceptors (Lipinski definition) is 12. The molecule has 0 spiro atoms. The lowest BCUT2D eigenvalue weighted by Crippen LogP contribution is -2.61. The third-order valence-electron chi connectivity index (χ3n) is 8.36. The molecule has 8 atom stereocenters. The second-order valence-electron chi connectivity index (χ2n) is 11.2. The van der Waals surface area contributed by atoms with Crippen LogP contribution in [0.5, 0.6) is 28.7 Å². The molecular weight excluding hydrogens is 540 g/mol. The first-order valence-corrected chi connectivity index (χ1v) is 13.5. The maximum absolute atomic E-state index is 13.9. The van der Waals surface area contributed by atoms with E-state index < -0.39 is 61.0 Å². The highest BCUT2D eigenvalue weighted by Crippen LogP contribution is 2.50. The summed E-state index contributed by atoms with van der Waals surface area (Å²) in [7, 11) is 3.06. The molecule has 4 aliphatic rings. The quantitative estimate of drug-likeness (QED) is 0.383. The van der Waals surface area contributed by atoms with Gasteiger partial charge in [-0.2, -0.15) is 0 Å². The smallest absolute Gasteiger partial charge is 0.187 e. The summed E-state index contributed by atoms with van der Waals surface area (Å²) in [5.74, 6) is 1.82. The molecule has 0 radical (unpaired) electrons. The zero-order valence-corrected chi connectivity index (χ0v) is 23.1. The Kier molecular flexibility index (Phi) is 7.04. The highest BCUT2D eigenvalue weighted by atomic mass is 16.7. The van der Waals surface area contributed by atoms with Crippen molar-refractivity contribution < 1.29 is 58.4 Å². The van der Waals surface area contributed by atoms with Gasteiger partial charge in [0.15, 0.2) is 23.6 Å². The number of carbonyl (C=O) groups excluding carboxylic acids is 1. The molecule has 4 aliphatic heterocycles. The SMILES string of the molecule is COc1cc2c(cc1OC)[C@@H]1C(=O)c3ccc4c(c3O[C@@H]1CO2)C[C@@H](C(C)(C)O[C@@H]1O[C@@H](CO)[C@H](O)[C@H](O)[C@H]1O)O4. The van der Waals surface area contributed by atoms with Crippen LogP contribution in [-0.2, 0) is 15.9 Å². The van der Waals surface area contributed by atoms with E-state index in [1.54, 1.807) is 38.1 Å². The molecule has 4 N–H and O–H groups in total. The highest BCUT2D eigenvalue weighted by Gasteiger charge is 2.50. The maximum atomic E-state index is 13.9. The van der Waals surface area contributed by atoms with Crippen LogP contribution in [0.1, 0.15) is 41.3 Å². The van der Waals surface area contributed by atoms with E-state index in [9.17, 15) is 25.2 Å². The molecular formula is C29H34O12. The van der Waals surface area contributed by atoms with Gasteiger partial charge in [0, 0.05) is 23.6 Å². The van der Waals surface area contributed by atoms with Crippen LogP contribution in [-0.4, -0.2) is 102 Å². The average molecular weight is 575 g/mol. The van der Waals surface area contributed by atoms with Gasteiger partial charge in [-0.25, -0.2) is 0 Å². The Labute approximate surface area is 236 Å². The van der Waals surface area contributed by atoms with Gasteiger partial charge in [-0.05, 0) is 32.0 Å². The first kappa shape index (κ1) is 28.0. The number of aliphatic hydroxyl groups is 4. The van der Waals surface area contributed by atoms with Crippen LogP contribution in [0.3, 0.4) is 0 Å². The number of methoxy groups -OCH3 is 2. The molecule has 2 aromatic rings. The molecule has 0 bridgehead atoms. The van der Waals surface area contributed by atoms with Gasteiger partial charge in [0.05, 0.1) is 32.3 Å². The lowest BCUT2D eigenvalue weighted by Gasteiger charge is -2.43. The van der Waals surface area contributed by atoms with E-state index in [2.05, 4.69) is 0 Å². The fourth-order valence-electron chi connectivity index (χ4n) is 5.99. The number of fused-ring (bicyclic) bond motifs is 6. The van der Waals surface area contributed by atoms with E-state index >= 15 is 0 Å². The maximum Gasteiger partial charge on any atom is 0.187 e. The van der Waals surface area contributed by atoms with Crippen molar-refractivity contribution in [1.82, 2.24) is 0 Å². The summed E-state index contributed by atoms with van der Waals surface area (Å²) >= 11 is 0. The number of benzene rings is 2. The Balaban J connectivity index is 1.25. The third-order valence-corrected chi connectivity index (χ3v) is 8.36. The van der Waals surface area contributed by atoms with Crippen molar-refractivity contribution in [3.63, 3.8) is 0 Å². The molecule has 0 amide bonds. The van der Waals surface area contributed by atoms with E-state index in [0.29, 0.717) is 51.9 Å². The minimum Gasteiger partial charge on any atom is -0.493 e. The second kappa shape index (κ2) is 10.3. The standard InChI is InChI=1S/C29H34O12/c1-29(2,41-28-26(34)25(33)24(32)19(10-30)40-28)21-8-14-15(38-21)6-5-12-23(31)22-13-7-17(35-3)18(36-4)9-16(13)37-11-20(22)39-27(12)14/h5-7,9,19-22,24-26,28,30,32-34H,8,10-11H2,1-4H3/t19-,20+,21-,22-,24-,25-,26+,28-/m0/s1. The van der Waals surface area contributed by atoms with E-state index in [1.807, 2.05) is 0 Å². The van der Waals surface area contributed by atoms with Crippen molar-refractivity contribution in [3.8, 4) is 28.7 Å². The lowest BCUT2D eigenvalue weighted by molar-refractivity contribution is -0.329. The Bertz CT molecular complexity index is 1340. The average Bonchev–Trinajstić information content (AvgIpc) is 3.42. The van der Waals surface area contributed by atoms with E-state index in [0.717, 1.165) is 0 Å². The molecule has 0 unspecified atom stereocenters. The topological polar surface area (TPSA) is 163 Å². The number of rotatable bonds is 6. The van der Waals surface area contributed by atoms with Crippen molar-refractivity contribution in [1.29, 1.82) is 0 Å². The molecule has 0 aromatic heterocycles. The normalized spacial score (nSPS) is 32.0. The molecule has 0 aliphatic carbocycles. The van der Waals surface area contributed by atoms with E-state index in [1.165, 1.54) is 14.2 Å². The first-order chi connectivity index (χ1) is 19.6. The highest BCUT2D eigenvalue weighted by molar-refractivity contribution is 6.06. The van der Waals surface area contributed by atoms with Crippen LogP contribution in [0, 0.1) is 0 Å². The fourth-order valence-corrected chi connectivity index (χ4v) is 5.99. The van der Waals surface area contributed by atoms with Crippen LogP contribution in [0.15, 0.2) is 24.3 Å². The molecule has 6 rings (SSSR count). The van der Waals surface area contributed by atoms with Gasteiger partial charge >= 0.3 is 0 Å². The Morgan fingerprint density at radius 3 is 2.41 bits per heavy atom. The van der Waals surface area contributed by atoms with Crippen molar-refractivity contribution in [3.05, 3.63) is 41.0 Å². The Morgan fingerprint density at radius 1 is 0.976 bits per heavy atom. The molecule has 2 aromatic carbocycles. The number of aliphatic hydroxyl groups excluding tert-OH is 4. The van der Waals surface area contributed by atoms with Gasteiger partial charge in [-0.15, -0.1) is 0 Å². The summed E-state index contributed by atoms with van der Waals surface area (Å²) in [6.45, 7) is 3.09. The van der Waals surface area contributed by atoms with Crippen LogP contribution in [0.2, 0.25) is 0 Å². The van der Waals surface area contributed by atoms with Crippen molar-refractivity contribution >= 4 is 5.78 Å². The Hall–Kier alpha value is -3.13. The Morgan fingerprint density at radius 2 is 1.71 bits per heavy atom. The molecule has 222 valence electrons. The molecule has 1 saturated heterocycles. The number of ether oxygens (including phenoxy) is 7. The third kappa shape index (κ3) is 4.49. The predicted molar refractivity (Wildman–Crippen MR) is 140 cm³/mol. The summed E-state index contributed by atoms with van der Waals surface area (Å²) in [5.41, 5.74) is 0.745. The zero-order chi connectivity index (χ0) is 29.2. The van der Waals surface area contributed by atoms with Crippen LogP contribution < -0.4 is 23.7 Å². The predicted octanol–water partition coefficient (Wildman–Crippen LogP) is 0.722. The number of ketones is 1. The fraction of sp³-hybridized carbons (Fsp3) is 0.552. The van der Waals surface area contributed by atoms with Crippen molar-refractivity contribution in [2.75, 3.05) is 27.4 Å². The number of carbonyl (C=O) groups is 1. The molecule has 4 heterocycles. The summed E-state index contributed by atoms with van der Waals surface area (Å²) in [4.78, 5) is 13.9. The van der Waals surface area contributed by atoms with E-state index in [4.69, 9.17) is 33.2 Å². The summed E-state index contributed by atoms with van der Waals surface area (Å²) in [6.07, 6.45) is -7.84. The van der Waals surface area contributed by atoms with Crippen LogP contribution in [0.4, 0.5) is 0 Å². The largest absolute Gasteiger partial charge is 0.493 e. The van der Waals surface area contributed by atoms with Gasteiger partial charge in [-0.3, -0.25) is 4.79 Å². The van der Waals surface area contributed by atoms with Gasteiger partial charge in [0.25, 0.3) is 0 Å². The summed E-state index contributed by atoms with van der Waals surface area (Å²) in [5, 5.41) is 40.2. The number of Topliss-reactive ketones (excluding diaryl/α,β-unsaturated/α-hetero) is 1. The van der Waals surface area contributed by atoms with Crippen molar-refractivity contribution in [2.24, 2.45) is 0 Å². The lowest BCUT2D eigenvalue weighted by atomic mass is 9.81. The number of hydrogen-bond donors (Lipinski definition) is 4. The zero-order valence-electron chi connectivity index (χ0n) is 23.1. The van der Waals surface area contributed by atoms with E-state index in [-0.39, 0.29) is 12.4 Å². The van der Waals surface area contributed by atoms with Gasteiger partial charge < -0.3 is 53.6 Å². The van der Waals surface area contributed by atoms with Crippen molar-refractivity contribution in [2.45, 2.75) is 74.7 Å². The molecule has 41 heavy (non-hydrogen) atoms. The van der Waals surface area contributed by atoms with Gasteiger partial charge in [0.1, 0.15) is 66.1 Å². The van der Waals surface area contributed by atoms with Gasteiger partial charge in [0.2, 0.25) is 0 Å². The first-order valence-electron chi connectivity index (χ1n) is 13.5. The molecule has 1 fully saturated rings. The minimum absolute atomic E-state index is 0.101. The second-order valence-corrected chi connectivity index (χ2v) is 11.2. The monoisotopic (exact) mass is 574 g/mol. The minimum atomic E-state index is -1.56. The van der Waals surface area contributed by atoms with Crippen LogP contribution >= 0.6 is 0 Å². The van der Waals surface area contributed by atoms with Gasteiger partial charge in [-0.1, -0.05) is 0 Å². The van der Waals surface area contributed by atoms with Crippen LogP contribution in [0.25, 0.3) is 0 Å². The molecule has 12 nitrogen and oxygen atoms in total. The summed E-state index contributed by atoms with van der Waals surface area (Å²) in [6, 6.07) is 6.89.